The molecule has 0 unspecified atom stereocenters. The summed E-state index contributed by atoms with van der Waals surface area (Å²) < 4.78 is 1.55. The van der Waals surface area contributed by atoms with Gasteiger partial charge in [-0.05, 0) is 30.2 Å². The summed E-state index contributed by atoms with van der Waals surface area (Å²) in [6.07, 6.45) is 2.04. The number of aromatic nitrogens is 5. The lowest BCUT2D eigenvalue weighted by atomic mass is 10.2. The molecule has 8 heteroatoms. The largest absolute Gasteiger partial charge is 0.283 e. The number of carbonyl (C=O) groups excluding carboxylic acids is 1. The van der Waals surface area contributed by atoms with Crippen molar-refractivity contribution >= 4 is 22.4 Å². The topological polar surface area (TPSA) is 76.8 Å². The monoisotopic (exact) mass is 340 g/mol. The van der Waals surface area contributed by atoms with Gasteiger partial charge in [0.15, 0.2) is 11.0 Å². The number of nitrogens with zero attached hydrogens (tertiary/aromatic N) is 6. The van der Waals surface area contributed by atoms with Crippen molar-refractivity contribution in [1.82, 2.24) is 25.2 Å². The van der Waals surface area contributed by atoms with Crippen LogP contribution in [0.15, 0.2) is 35.7 Å². The van der Waals surface area contributed by atoms with Gasteiger partial charge in [-0.15, -0.1) is 16.4 Å². The molecule has 7 nitrogen and oxygen atoms in total. The second kappa shape index (κ2) is 6.12. The highest BCUT2D eigenvalue weighted by Crippen LogP contribution is 2.33. The number of hydrogen-bond donors (Lipinski definition) is 0. The van der Waals surface area contributed by atoms with Crippen LogP contribution in [0.1, 0.15) is 18.5 Å². The maximum absolute atomic E-state index is 12.9. The number of thiazole rings is 1. The number of rotatable bonds is 5. The van der Waals surface area contributed by atoms with Crippen LogP contribution in [-0.4, -0.2) is 37.1 Å². The third-order valence-electron chi connectivity index (χ3n) is 3.84. The third kappa shape index (κ3) is 2.92. The average molecular weight is 340 g/mol. The fraction of sp³-hybridized carbons (Fsp3) is 0.312. The Morgan fingerprint density at radius 1 is 1.33 bits per heavy atom. The summed E-state index contributed by atoms with van der Waals surface area (Å²) in [6, 6.07) is 9.88. The van der Waals surface area contributed by atoms with Gasteiger partial charge in [0.05, 0.1) is 5.69 Å². The summed E-state index contributed by atoms with van der Waals surface area (Å²) in [6.45, 7) is 2.04. The van der Waals surface area contributed by atoms with Gasteiger partial charge in [0.25, 0.3) is 5.91 Å². The molecule has 0 N–H and O–H groups in total. The molecule has 4 rings (SSSR count). The normalized spacial score (nSPS) is 13.9. The van der Waals surface area contributed by atoms with Crippen molar-refractivity contribution in [3.8, 4) is 11.4 Å². The Hall–Kier alpha value is -2.61. The van der Waals surface area contributed by atoms with Crippen molar-refractivity contribution in [2.75, 3.05) is 4.90 Å². The third-order valence-corrected chi connectivity index (χ3v) is 4.80. The van der Waals surface area contributed by atoms with Crippen LogP contribution in [0.4, 0.5) is 5.13 Å². The molecule has 24 heavy (non-hydrogen) atoms. The number of hydrogen-bond acceptors (Lipinski definition) is 6. The van der Waals surface area contributed by atoms with Crippen LogP contribution in [0.3, 0.4) is 0 Å². The number of tetrazole rings is 1. The van der Waals surface area contributed by atoms with Gasteiger partial charge in [0.1, 0.15) is 6.54 Å². The molecule has 2 aromatic heterocycles. The molecular formula is C16H16N6OS. The van der Waals surface area contributed by atoms with E-state index in [0.29, 0.717) is 5.82 Å². The fourth-order valence-electron chi connectivity index (χ4n) is 2.56. The number of anilines is 1. The Morgan fingerprint density at radius 3 is 2.79 bits per heavy atom. The summed E-state index contributed by atoms with van der Waals surface area (Å²) in [5.41, 5.74) is 1.82. The number of aryl methyl sites for hydroxylation is 1. The lowest BCUT2D eigenvalue weighted by Gasteiger charge is -2.19. The minimum absolute atomic E-state index is 0.0312. The average Bonchev–Trinajstić information content (AvgIpc) is 3.15. The van der Waals surface area contributed by atoms with Gasteiger partial charge in [-0.1, -0.05) is 30.3 Å². The predicted molar refractivity (Wildman–Crippen MR) is 90.6 cm³/mol. The Labute approximate surface area is 142 Å². The van der Waals surface area contributed by atoms with E-state index in [-0.39, 0.29) is 18.5 Å². The molecule has 0 bridgehead atoms. The van der Waals surface area contributed by atoms with Crippen LogP contribution in [0, 0.1) is 6.92 Å². The quantitative estimate of drug-likeness (QED) is 0.712. The summed E-state index contributed by atoms with van der Waals surface area (Å²) >= 11 is 1.50. The molecule has 3 aromatic rings. The van der Waals surface area contributed by atoms with E-state index in [1.165, 1.54) is 11.3 Å². The van der Waals surface area contributed by atoms with Crippen LogP contribution >= 0.6 is 11.3 Å². The summed E-state index contributed by atoms with van der Waals surface area (Å²) in [5.74, 6) is 0.561. The lowest BCUT2D eigenvalue weighted by molar-refractivity contribution is -0.119. The second-order valence-corrected chi connectivity index (χ2v) is 6.63. The van der Waals surface area contributed by atoms with Gasteiger partial charge >= 0.3 is 0 Å². The zero-order chi connectivity index (χ0) is 16.5. The highest BCUT2D eigenvalue weighted by atomic mass is 32.1. The van der Waals surface area contributed by atoms with Crippen molar-refractivity contribution in [1.29, 1.82) is 0 Å². The molecule has 0 aliphatic heterocycles. The Morgan fingerprint density at radius 2 is 2.12 bits per heavy atom. The van der Waals surface area contributed by atoms with E-state index in [1.54, 1.807) is 9.58 Å². The maximum Gasteiger partial charge on any atom is 0.250 e. The van der Waals surface area contributed by atoms with Crippen LogP contribution in [0.25, 0.3) is 11.4 Å². The molecule has 1 fully saturated rings. The van der Waals surface area contributed by atoms with Crippen molar-refractivity contribution in [2.45, 2.75) is 32.4 Å². The van der Waals surface area contributed by atoms with Gasteiger partial charge < -0.3 is 0 Å². The molecule has 122 valence electrons. The molecule has 0 radical (unpaired) electrons. The molecule has 0 atom stereocenters. The summed E-state index contributed by atoms with van der Waals surface area (Å²) in [5, 5.41) is 14.5. The molecular weight excluding hydrogens is 324 g/mol. The molecule has 1 amide bonds. The molecule has 1 aliphatic rings. The van der Waals surface area contributed by atoms with E-state index >= 15 is 0 Å². The Bertz CT molecular complexity index is 854. The van der Waals surface area contributed by atoms with Crippen molar-refractivity contribution in [3.63, 3.8) is 0 Å². The first-order valence-corrected chi connectivity index (χ1v) is 8.66. The van der Waals surface area contributed by atoms with E-state index in [4.69, 9.17) is 0 Å². The standard InChI is InChI=1S/C16H16N6OS/c1-11-10-24-16(17-11)22(13-7-8-13)14(23)9-21-15(18-19-20-21)12-5-3-2-4-6-12/h2-6,10,13H,7-9H2,1H3. The molecule has 1 saturated carbocycles. The molecule has 0 spiro atoms. The van der Waals surface area contributed by atoms with Gasteiger partial charge in [-0.2, -0.15) is 0 Å². The molecule has 1 aromatic carbocycles. The first-order chi connectivity index (χ1) is 11.7. The van der Waals surface area contributed by atoms with Gasteiger partial charge in [0.2, 0.25) is 0 Å². The smallest absolute Gasteiger partial charge is 0.250 e. The number of benzene rings is 1. The summed E-state index contributed by atoms with van der Waals surface area (Å²) in [4.78, 5) is 19.1. The Kier molecular flexibility index (Phi) is 3.81. The van der Waals surface area contributed by atoms with E-state index in [1.807, 2.05) is 42.6 Å². The van der Waals surface area contributed by atoms with Crippen LogP contribution < -0.4 is 4.90 Å². The number of amides is 1. The zero-order valence-corrected chi connectivity index (χ0v) is 14.0. The van der Waals surface area contributed by atoms with Gasteiger partial charge in [-0.25, -0.2) is 9.67 Å². The van der Waals surface area contributed by atoms with Gasteiger partial charge in [0, 0.05) is 17.0 Å². The van der Waals surface area contributed by atoms with E-state index in [9.17, 15) is 4.79 Å². The van der Waals surface area contributed by atoms with Crippen molar-refractivity contribution < 1.29 is 4.79 Å². The van der Waals surface area contributed by atoms with Crippen LogP contribution in [-0.2, 0) is 11.3 Å². The highest BCUT2D eigenvalue weighted by molar-refractivity contribution is 7.14. The fourth-order valence-corrected chi connectivity index (χ4v) is 3.45. The highest BCUT2D eigenvalue weighted by Gasteiger charge is 2.35. The van der Waals surface area contributed by atoms with E-state index in [0.717, 1.165) is 29.2 Å². The molecule has 2 heterocycles. The number of carbonyl (C=O) groups is 1. The summed E-state index contributed by atoms with van der Waals surface area (Å²) in [7, 11) is 0. The molecule has 1 aliphatic carbocycles. The first kappa shape index (κ1) is 14.9. The minimum atomic E-state index is -0.0312. The lowest BCUT2D eigenvalue weighted by Crippen LogP contribution is -2.36. The van der Waals surface area contributed by atoms with Crippen LogP contribution in [0.2, 0.25) is 0 Å². The Balaban J connectivity index is 1.59. The predicted octanol–water partition coefficient (Wildman–Crippen LogP) is 2.30. The molecule has 0 saturated heterocycles. The minimum Gasteiger partial charge on any atom is -0.283 e. The van der Waals surface area contributed by atoms with Crippen molar-refractivity contribution in [3.05, 3.63) is 41.4 Å². The first-order valence-electron chi connectivity index (χ1n) is 7.78. The zero-order valence-electron chi connectivity index (χ0n) is 13.2. The SMILES string of the molecule is Cc1csc(N(C(=O)Cn2nnnc2-c2ccccc2)C2CC2)n1. The van der Waals surface area contributed by atoms with E-state index < -0.39 is 0 Å². The van der Waals surface area contributed by atoms with Crippen molar-refractivity contribution in [2.24, 2.45) is 0 Å². The van der Waals surface area contributed by atoms with E-state index in [2.05, 4.69) is 20.5 Å². The van der Waals surface area contributed by atoms with Gasteiger partial charge in [-0.3, -0.25) is 9.69 Å². The second-order valence-electron chi connectivity index (χ2n) is 5.79. The van der Waals surface area contributed by atoms with Crippen LogP contribution in [0.5, 0.6) is 0 Å². The maximum atomic E-state index is 12.9.